The molecule has 0 spiro atoms. The number of benzene rings is 1. The van der Waals surface area contributed by atoms with Gasteiger partial charge in [0.15, 0.2) is 11.5 Å². The molecule has 0 aliphatic heterocycles. The summed E-state index contributed by atoms with van der Waals surface area (Å²) >= 11 is 4.89. The van der Waals surface area contributed by atoms with Gasteiger partial charge < -0.3 is 14.8 Å². The molecule has 2 aromatic rings. The molecule has 0 bridgehead atoms. The van der Waals surface area contributed by atoms with Crippen molar-refractivity contribution in [3.63, 3.8) is 0 Å². The van der Waals surface area contributed by atoms with E-state index >= 15 is 0 Å². The third kappa shape index (κ3) is 5.67. The van der Waals surface area contributed by atoms with Gasteiger partial charge in [-0.1, -0.05) is 47.0 Å². The Bertz CT molecular complexity index is 721. The second kappa shape index (κ2) is 9.72. The highest BCUT2D eigenvalue weighted by molar-refractivity contribution is 9.10. The molecule has 0 saturated carbocycles. The van der Waals surface area contributed by atoms with Crippen molar-refractivity contribution in [2.45, 2.75) is 39.0 Å². The topological polar surface area (TPSA) is 73.3 Å². The monoisotopic (exact) mass is 427 g/mol. The third-order valence-electron chi connectivity index (χ3n) is 3.61. The summed E-state index contributed by atoms with van der Waals surface area (Å²) in [6.07, 6.45) is 4.54. The molecule has 1 N–H and O–H groups in total. The van der Waals surface area contributed by atoms with Crippen molar-refractivity contribution in [3.05, 3.63) is 27.2 Å². The molecule has 6 nitrogen and oxygen atoms in total. The predicted molar refractivity (Wildman–Crippen MR) is 103 cm³/mol. The Hall–Kier alpha value is -1.67. The van der Waals surface area contributed by atoms with E-state index in [0.717, 1.165) is 27.9 Å². The second-order valence-electron chi connectivity index (χ2n) is 5.48. The first-order valence-corrected chi connectivity index (χ1v) is 9.71. The van der Waals surface area contributed by atoms with Gasteiger partial charge in [-0.05, 0) is 24.1 Å². The number of hydrogen-bond acceptors (Lipinski definition) is 6. The summed E-state index contributed by atoms with van der Waals surface area (Å²) in [5.41, 5.74) is 0.808. The van der Waals surface area contributed by atoms with E-state index in [0.29, 0.717) is 16.6 Å². The Balaban J connectivity index is 1.98. The van der Waals surface area contributed by atoms with Crippen LogP contribution in [0.25, 0.3) is 0 Å². The van der Waals surface area contributed by atoms with Crippen molar-refractivity contribution >= 4 is 38.3 Å². The highest BCUT2D eigenvalue weighted by Crippen LogP contribution is 2.33. The number of nitrogens with zero attached hydrogens (tertiary/aromatic N) is 2. The van der Waals surface area contributed by atoms with E-state index in [-0.39, 0.29) is 12.3 Å². The number of rotatable bonds is 9. The van der Waals surface area contributed by atoms with Crippen LogP contribution in [-0.2, 0) is 17.6 Å². The molecule has 2 rings (SSSR count). The Morgan fingerprint density at radius 2 is 1.92 bits per heavy atom. The van der Waals surface area contributed by atoms with Gasteiger partial charge in [-0.25, -0.2) is 0 Å². The number of unbranched alkanes of at least 4 members (excludes halogenated alkanes) is 2. The number of aryl methyl sites for hydroxylation is 1. The van der Waals surface area contributed by atoms with Gasteiger partial charge in [-0.15, -0.1) is 10.2 Å². The Morgan fingerprint density at radius 3 is 2.60 bits per heavy atom. The van der Waals surface area contributed by atoms with Crippen molar-refractivity contribution in [1.82, 2.24) is 10.2 Å². The first-order valence-electron chi connectivity index (χ1n) is 8.10. The maximum atomic E-state index is 12.3. The van der Waals surface area contributed by atoms with Gasteiger partial charge in [0.05, 0.1) is 20.6 Å². The molecule has 8 heteroatoms. The number of ether oxygens (including phenoxy) is 2. The number of amides is 1. The summed E-state index contributed by atoms with van der Waals surface area (Å²) in [6.45, 7) is 2.16. The lowest BCUT2D eigenvalue weighted by molar-refractivity contribution is -0.115. The van der Waals surface area contributed by atoms with Crippen LogP contribution in [0.15, 0.2) is 16.6 Å². The lowest BCUT2D eigenvalue weighted by atomic mass is 10.1. The number of hydrogen-bond donors (Lipinski definition) is 1. The van der Waals surface area contributed by atoms with Crippen molar-refractivity contribution in [2.75, 3.05) is 19.5 Å². The smallest absolute Gasteiger partial charge is 0.230 e. The number of carbonyl (C=O) groups is 1. The molecule has 1 aromatic carbocycles. The van der Waals surface area contributed by atoms with Gasteiger partial charge in [-0.3, -0.25) is 4.79 Å². The Kier molecular flexibility index (Phi) is 7.64. The van der Waals surface area contributed by atoms with E-state index in [1.54, 1.807) is 26.4 Å². The molecular weight excluding hydrogens is 406 g/mol. The summed E-state index contributed by atoms with van der Waals surface area (Å²) in [5, 5.41) is 12.5. The van der Waals surface area contributed by atoms with Gasteiger partial charge in [0.1, 0.15) is 5.01 Å². The van der Waals surface area contributed by atoms with Crippen molar-refractivity contribution in [2.24, 2.45) is 0 Å². The largest absolute Gasteiger partial charge is 0.493 e. The normalized spacial score (nSPS) is 10.6. The summed E-state index contributed by atoms with van der Waals surface area (Å²) in [7, 11) is 3.14. The minimum atomic E-state index is -0.149. The van der Waals surface area contributed by atoms with Gasteiger partial charge in [0.25, 0.3) is 0 Å². The third-order valence-corrected chi connectivity index (χ3v) is 5.25. The van der Waals surface area contributed by atoms with Crippen molar-refractivity contribution in [1.29, 1.82) is 0 Å². The van der Waals surface area contributed by atoms with Crippen LogP contribution in [0, 0.1) is 0 Å². The fraction of sp³-hybridized carbons (Fsp3) is 0.471. The van der Waals surface area contributed by atoms with E-state index < -0.39 is 0 Å². The van der Waals surface area contributed by atoms with Crippen molar-refractivity contribution in [3.8, 4) is 11.5 Å². The highest BCUT2D eigenvalue weighted by Gasteiger charge is 2.14. The van der Waals surface area contributed by atoms with E-state index in [1.807, 2.05) is 0 Å². The number of methoxy groups -OCH3 is 2. The van der Waals surface area contributed by atoms with Crippen LogP contribution >= 0.6 is 27.3 Å². The van der Waals surface area contributed by atoms with E-state index in [1.165, 1.54) is 24.2 Å². The lowest BCUT2D eigenvalue weighted by Crippen LogP contribution is -2.14. The summed E-state index contributed by atoms with van der Waals surface area (Å²) < 4.78 is 11.3. The van der Waals surface area contributed by atoms with Gasteiger partial charge >= 0.3 is 0 Å². The standard InChI is InChI=1S/C17H22BrN3O3S/c1-4-5-6-7-16-20-21-17(25-16)19-15(22)9-11-8-13(23-2)14(24-3)10-12(11)18/h8,10H,4-7,9H2,1-3H3,(H,19,21,22). The summed E-state index contributed by atoms with van der Waals surface area (Å²) in [5.74, 6) is 1.05. The molecule has 0 saturated heterocycles. The van der Waals surface area contributed by atoms with Crippen LogP contribution < -0.4 is 14.8 Å². The minimum Gasteiger partial charge on any atom is -0.493 e. The predicted octanol–water partition coefficient (Wildman–Crippen LogP) is 4.23. The maximum Gasteiger partial charge on any atom is 0.230 e. The van der Waals surface area contributed by atoms with E-state index in [9.17, 15) is 4.79 Å². The minimum absolute atomic E-state index is 0.149. The maximum absolute atomic E-state index is 12.3. The molecule has 0 aliphatic rings. The number of aromatic nitrogens is 2. The van der Waals surface area contributed by atoms with Crippen LogP contribution in [0.3, 0.4) is 0 Å². The number of nitrogens with one attached hydrogen (secondary N) is 1. The van der Waals surface area contributed by atoms with Crippen LogP contribution in [0.1, 0.15) is 36.8 Å². The quantitative estimate of drug-likeness (QED) is 0.605. The molecule has 25 heavy (non-hydrogen) atoms. The molecule has 0 atom stereocenters. The molecule has 1 heterocycles. The van der Waals surface area contributed by atoms with Gasteiger partial charge in [0, 0.05) is 10.9 Å². The number of carbonyl (C=O) groups excluding carboxylic acids is 1. The zero-order valence-corrected chi connectivity index (χ0v) is 17.0. The van der Waals surface area contributed by atoms with E-state index in [4.69, 9.17) is 9.47 Å². The zero-order chi connectivity index (χ0) is 18.2. The summed E-state index contributed by atoms with van der Waals surface area (Å²) in [4.78, 5) is 12.3. The fourth-order valence-corrected chi connectivity index (χ4v) is 3.56. The zero-order valence-electron chi connectivity index (χ0n) is 14.6. The van der Waals surface area contributed by atoms with Crippen molar-refractivity contribution < 1.29 is 14.3 Å². The Morgan fingerprint density at radius 1 is 1.20 bits per heavy atom. The molecule has 1 amide bonds. The average molecular weight is 428 g/mol. The summed E-state index contributed by atoms with van der Waals surface area (Å²) in [6, 6.07) is 3.58. The SMILES string of the molecule is CCCCCc1nnc(NC(=O)Cc2cc(OC)c(OC)cc2Br)s1. The van der Waals surface area contributed by atoms with Gasteiger partial charge in [-0.2, -0.15) is 0 Å². The molecule has 0 aliphatic carbocycles. The molecule has 0 fully saturated rings. The van der Waals surface area contributed by atoms with Crippen LogP contribution in [0.2, 0.25) is 0 Å². The van der Waals surface area contributed by atoms with Crippen LogP contribution in [0.4, 0.5) is 5.13 Å². The molecular formula is C17H22BrN3O3S. The fourth-order valence-electron chi connectivity index (χ4n) is 2.30. The Labute approximate surface area is 160 Å². The first-order chi connectivity index (χ1) is 12.1. The average Bonchev–Trinajstić information content (AvgIpc) is 3.03. The molecule has 0 unspecified atom stereocenters. The van der Waals surface area contributed by atoms with Crippen LogP contribution in [-0.4, -0.2) is 30.3 Å². The van der Waals surface area contributed by atoms with Gasteiger partial charge in [0.2, 0.25) is 11.0 Å². The number of anilines is 1. The number of halogens is 1. The molecule has 0 radical (unpaired) electrons. The molecule has 1 aromatic heterocycles. The highest BCUT2D eigenvalue weighted by atomic mass is 79.9. The first kappa shape index (κ1) is 19.7. The molecule has 136 valence electrons. The van der Waals surface area contributed by atoms with Crippen LogP contribution in [0.5, 0.6) is 11.5 Å². The second-order valence-corrected chi connectivity index (χ2v) is 7.40. The van der Waals surface area contributed by atoms with E-state index in [2.05, 4.69) is 38.4 Å². The lowest BCUT2D eigenvalue weighted by Gasteiger charge is -2.11.